The Hall–Kier alpha value is -2.20. The summed E-state index contributed by atoms with van der Waals surface area (Å²) in [5.41, 5.74) is 5.42. The standard InChI is InChI=1S/C17H16N2OS/c1-11(2)12-4-3-5-14(8-12)19-17(20)13-6-7-15-16(9-13)21-10-18-15/h3-11H,1-2H3,(H,19,20). The molecule has 0 radical (unpaired) electrons. The average Bonchev–Trinajstić information content (AvgIpc) is 2.94. The molecule has 3 nitrogen and oxygen atoms in total. The first-order valence-corrected chi connectivity index (χ1v) is 7.76. The summed E-state index contributed by atoms with van der Waals surface area (Å²) < 4.78 is 1.03. The van der Waals surface area contributed by atoms with Crippen LogP contribution in [-0.2, 0) is 0 Å². The molecule has 0 spiro atoms. The van der Waals surface area contributed by atoms with Gasteiger partial charge in [0.1, 0.15) is 0 Å². The molecule has 1 heterocycles. The molecule has 0 saturated heterocycles. The SMILES string of the molecule is CC(C)c1cccc(NC(=O)c2ccc3ncsc3c2)c1. The van der Waals surface area contributed by atoms with Gasteiger partial charge in [0.15, 0.2) is 0 Å². The Morgan fingerprint density at radius 2 is 2.05 bits per heavy atom. The number of fused-ring (bicyclic) bond motifs is 1. The van der Waals surface area contributed by atoms with E-state index in [1.165, 1.54) is 5.56 Å². The van der Waals surface area contributed by atoms with Crippen LogP contribution in [0.15, 0.2) is 48.0 Å². The molecule has 2 aromatic carbocycles. The van der Waals surface area contributed by atoms with Gasteiger partial charge in [-0.05, 0) is 41.8 Å². The highest BCUT2D eigenvalue weighted by atomic mass is 32.1. The van der Waals surface area contributed by atoms with Gasteiger partial charge in [-0.25, -0.2) is 4.98 Å². The number of nitrogens with zero attached hydrogens (tertiary/aromatic N) is 1. The number of hydrogen-bond donors (Lipinski definition) is 1. The first-order valence-electron chi connectivity index (χ1n) is 6.88. The predicted molar refractivity (Wildman–Crippen MR) is 88.1 cm³/mol. The number of thiazole rings is 1. The van der Waals surface area contributed by atoms with Gasteiger partial charge < -0.3 is 5.32 Å². The molecular formula is C17H16N2OS. The van der Waals surface area contributed by atoms with E-state index in [4.69, 9.17) is 0 Å². The summed E-state index contributed by atoms with van der Waals surface area (Å²) in [5, 5.41) is 2.96. The molecule has 0 fully saturated rings. The Balaban J connectivity index is 1.83. The quantitative estimate of drug-likeness (QED) is 0.763. The third-order valence-corrected chi connectivity index (χ3v) is 4.20. The summed E-state index contributed by atoms with van der Waals surface area (Å²) in [6.45, 7) is 4.28. The maximum Gasteiger partial charge on any atom is 0.255 e. The van der Waals surface area contributed by atoms with Crippen LogP contribution in [0.25, 0.3) is 10.2 Å². The number of hydrogen-bond acceptors (Lipinski definition) is 3. The van der Waals surface area contributed by atoms with E-state index >= 15 is 0 Å². The van der Waals surface area contributed by atoms with Crippen molar-refractivity contribution in [3.05, 3.63) is 59.1 Å². The van der Waals surface area contributed by atoms with Gasteiger partial charge in [0.05, 0.1) is 15.7 Å². The largest absolute Gasteiger partial charge is 0.322 e. The lowest BCUT2D eigenvalue weighted by molar-refractivity contribution is 0.102. The summed E-state index contributed by atoms with van der Waals surface area (Å²) in [4.78, 5) is 16.6. The second-order valence-electron chi connectivity index (χ2n) is 5.27. The molecule has 0 saturated carbocycles. The van der Waals surface area contributed by atoms with Gasteiger partial charge in [0, 0.05) is 11.3 Å². The number of carbonyl (C=O) groups excluding carboxylic acids is 1. The van der Waals surface area contributed by atoms with Gasteiger partial charge in [0.25, 0.3) is 5.91 Å². The van der Waals surface area contributed by atoms with Crippen LogP contribution in [0.1, 0.15) is 35.7 Å². The molecule has 0 bridgehead atoms. The lowest BCUT2D eigenvalue weighted by atomic mass is 10.0. The third-order valence-electron chi connectivity index (χ3n) is 3.40. The van der Waals surface area contributed by atoms with Gasteiger partial charge in [-0.1, -0.05) is 26.0 Å². The maximum absolute atomic E-state index is 12.3. The van der Waals surface area contributed by atoms with E-state index in [1.807, 2.05) is 36.4 Å². The van der Waals surface area contributed by atoms with Crippen molar-refractivity contribution < 1.29 is 4.79 Å². The van der Waals surface area contributed by atoms with Gasteiger partial charge in [-0.3, -0.25) is 4.79 Å². The number of anilines is 1. The molecule has 1 amide bonds. The van der Waals surface area contributed by atoms with E-state index in [9.17, 15) is 4.79 Å². The molecule has 3 aromatic rings. The van der Waals surface area contributed by atoms with Crippen molar-refractivity contribution in [3.8, 4) is 0 Å². The Kier molecular flexibility index (Phi) is 3.71. The Morgan fingerprint density at radius 1 is 1.19 bits per heavy atom. The fraction of sp³-hybridized carbons (Fsp3) is 0.176. The first-order chi connectivity index (χ1) is 10.1. The predicted octanol–water partition coefficient (Wildman–Crippen LogP) is 4.67. The molecular weight excluding hydrogens is 280 g/mol. The summed E-state index contributed by atoms with van der Waals surface area (Å²) >= 11 is 1.54. The van der Waals surface area contributed by atoms with Crippen LogP contribution in [0.5, 0.6) is 0 Å². The van der Waals surface area contributed by atoms with Crippen molar-refractivity contribution in [2.45, 2.75) is 19.8 Å². The average molecular weight is 296 g/mol. The van der Waals surface area contributed by atoms with Crippen molar-refractivity contribution in [2.24, 2.45) is 0 Å². The van der Waals surface area contributed by atoms with Gasteiger partial charge in [-0.2, -0.15) is 0 Å². The molecule has 0 aliphatic carbocycles. The van der Waals surface area contributed by atoms with Crippen LogP contribution in [0.2, 0.25) is 0 Å². The van der Waals surface area contributed by atoms with E-state index < -0.39 is 0 Å². The third kappa shape index (κ3) is 2.95. The number of benzene rings is 2. The van der Waals surface area contributed by atoms with E-state index in [0.717, 1.165) is 15.9 Å². The van der Waals surface area contributed by atoms with Gasteiger partial charge >= 0.3 is 0 Å². The summed E-state index contributed by atoms with van der Waals surface area (Å²) in [6.07, 6.45) is 0. The van der Waals surface area contributed by atoms with E-state index in [1.54, 1.807) is 16.8 Å². The fourth-order valence-corrected chi connectivity index (χ4v) is 2.89. The number of amides is 1. The summed E-state index contributed by atoms with van der Waals surface area (Å²) in [6, 6.07) is 13.5. The fourth-order valence-electron chi connectivity index (χ4n) is 2.18. The van der Waals surface area contributed by atoms with E-state index in [-0.39, 0.29) is 5.91 Å². The Morgan fingerprint density at radius 3 is 2.86 bits per heavy atom. The van der Waals surface area contributed by atoms with Crippen LogP contribution in [-0.4, -0.2) is 10.9 Å². The minimum Gasteiger partial charge on any atom is -0.322 e. The molecule has 21 heavy (non-hydrogen) atoms. The molecule has 0 atom stereocenters. The normalized spacial score (nSPS) is 11.0. The summed E-state index contributed by atoms with van der Waals surface area (Å²) in [7, 11) is 0. The molecule has 0 aliphatic heterocycles. The van der Waals surface area contributed by atoms with Crippen LogP contribution in [0, 0.1) is 0 Å². The van der Waals surface area contributed by atoms with Crippen LogP contribution in [0.3, 0.4) is 0 Å². The summed E-state index contributed by atoms with van der Waals surface area (Å²) in [5.74, 6) is 0.349. The number of nitrogens with one attached hydrogen (secondary N) is 1. The molecule has 1 aromatic heterocycles. The molecule has 0 aliphatic rings. The lowest BCUT2D eigenvalue weighted by Gasteiger charge is -2.09. The lowest BCUT2D eigenvalue weighted by Crippen LogP contribution is -2.11. The van der Waals surface area contributed by atoms with Crippen molar-refractivity contribution >= 4 is 33.1 Å². The number of aromatic nitrogens is 1. The Labute approximate surface area is 127 Å². The molecule has 1 N–H and O–H groups in total. The van der Waals surface area contributed by atoms with Crippen LogP contribution >= 0.6 is 11.3 Å². The second kappa shape index (κ2) is 5.66. The number of carbonyl (C=O) groups is 1. The van der Waals surface area contributed by atoms with Gasteiger partial charge in [0.2, 0.25) is 0 Å². The Bertz CT molecular complexity index is 792. The van der Waals surface area contributed by atoms with Gasteiger partial charge in [-0.15, -0.1) is 11.3 Å². The number of rotatable bonds is 3. The molecule has 106 valence electrons. The highest BCUT2D eigenvalue weighted by Crippen LogP contribution is 2.21. The van der Waals surface area contributed by atoms with Crippen LogP contribution in [0.4, 0.5) is 5.69 Å². The van der Waals surface area contributed by atoms with Crippen LogP contribution < -0.4 is 5.32 Å². The molecule has 3 rings (SSSR count). The van der Waals surface area contributed by atoms with Crippen molar-refractivity contribution in [1.82, 2.24) is 4.98 Å². The zero-order valence-electron chi connectivity index (χ0n) is 12.0. The second-order valence-corrected chi connectivity index (χ2v) is 6.16. The molecule has 0 unspecified atom stereocenters. The zero-order valence-corrected chi connectivity index (χ0v) is 12.8. The monoisotopic (exact) mass is 296 g/mol. The van der Waals surface area contributed by atoms with E-state index in [2.05, 4.69) is 30.2 Å². The maximum atomic E-state index is 12.3. The van der Waals surface area contributed by atoms with E-state index in [0.29, 0.717) is 11.5 Å². The topological polar surface area (TPSA) is 42.0 Å². The zero-order chi connectivity index (χ0) is 14.8. The highest BCUT2D eigenvalue weighted by molar-refractivity contribution is 7.16. The van der Waals surface area contributed by atoms with Crippen molar-refractivity contribution in [3.63, 3.8) is 0 Å². The highest BCUT2D eigenvalue weighted by Gasteiger charge is 2.09. The smallest absolute Gasteiger partial charge is 0.255 e. The minimum atomic E-state index is -0.0915. The van der Waals surface area contributed by atoms with Crippen molar-refractivity contribution in [2.75, 3.05) is 5.32 Å². The minimum absolute atomic E-state index is 0.0915. The molecule has 4 heteroatoms. The van der Waals surface area contributed by atoms with Crippen molar-refractivity contribution in [1.29, 1.82) is 0 Å². The first kappa shape index (κ1) is 13.8.